The Kier molecular flexibility index (Phi) is 4.92. The van der Waals surface area contributed by atoms with Gasteiger partial charge in [0.15, 0.2) is 0 Å². The summed E-state index contributed by atoms with van der Waals surface area (Å²) in [5.74, 6) is -0.0000231. The molecule has 102 valence electrons. The Balaban J connectivity index is 0.00000180. The van der Waals surface area contributed by atoms with Gasteiger partial charge in [0.2, 0.25) is 5.91 Å². The number of hydrogen-bond donors (Lipinski definition) is 1. The highest BCUT2D eigenvalue weighted by Crippen LogP contribution is 2.28. The summed E-state index contributed by atoms with van der Waals surface area (Å²) in [6.45, 7) is 7.41. The summed E-state index contributed by atoms with van der Waals surface area (Å²) in [6, 6.07) is 7.71. The van der Waals surface area contributed by atoms with E-state index < -0.39 is 0 Å². The van der Waals surface area contributed by atoms with Crippen molar-refractivity contribution in [3.05, 3.63) is 48.2 Å². The van der Waals surface area contributed by atoms with E-state index in [0.29, 0.717) is 0 Å². The molecule has 0 spiro atoms. The van der Waals surface area contributed by atoms with E-state index in [9.17, 15) is 4.79 Å². The Morgan fingerprint density at radius 1 is 1.37 bits per heavy atom. The minimum atomic E-state index is -0.118. The largest absolute Gasteiger partial charge is 0.324 e. The van der Waals surface area contributed by atoms with Crippen LogP contribution in [0, 0.1) is 0 Å². The van der Waals surface area contributed by atoms with E-state index >= 15 is 0 Å². The van der Waals surface area contributed by atoms with Crippen molar-refractivity contribution in [3.63, 3.8) is 0 Å². The molecule has 0 saturated heterocycles. The molecule has 19 heavy (non-hydrogen) atoms. The molecule has 3 nitrogen and oxygen atoms in total. The van der Waals surface area contributed by atoms with Crippen molar-refractivity contribution < 1.29 is 4.79 Å². The Labute approximate surface area is 119 Å². The van der Waals surface area contributed by atoms with Crippen molar-refractivity contribution in [3.8, 4) is 0 Å². The molecule has 0 unspecified atom stereocenters. The molecule has 2 aromatic rings. The average Bonchev–Trinajstić information content (AvgIpc) is 2.67. The molecule has 1 aromatic heterocycles. The third-order valence-electron chi connectivity index (χ3n) is 3.05. The maximum atomic E-state index is 11.6. The number of nitrogens with zero attached hydrogens (tertiary/aromatic N) is 1. The summed E-state index contributed by atoms with van der Waals surface area (Å²) in [6.07, 6.45) is 2.58. The first-order chi connectivity index (χ1) is 8.50. The van der Waals surface area contributed by atoms with Crippen LogP contribution in [-0.2, 0) is 0 Å². The van der Waals surface area contributed by atoms with Gasteiger partial charge in [0, 0.05) is 24.5 Å². The van der Waals surface area contributed by atoms with Gasteiger partial charge in [-0.3, -0.25) is 9.36 Å². The molecule has 1 aromatic carbocycles. The summed E-state index contributed by atoms with van der Waals surface area (Å²) < 4.78 is 1.66. The summed E-state index contributed by atoms with van der Waals surface area (Å²) in [5, 5.41) is 1.04. The highest BCUT2D eigenvalue weighted by molar-refractivity contribution is 5.93. The van der Waals surface area contributed by atoms with Gasteiger partial charge in [-0.1, -0.05) is 23.8 Å². The van der Waals surface area contributed by atoms with E-state index in [1.165, 1.54) is 0 Å². The number of benzene rings is 1. The predicted octanol–water partition coefficient (Wildman–Crippen LogP) is 3.69. The second-order valence-corrected chi connectivity index (χ2v) is 4.76. The third-order valence-corrected chi connectivity index (χ3v) is 3.05. The Bertz CT molecular complexity index is 616. The fourth-order valence-electron chi connectivity index (χ4n) is 2.25. The lowest BCUT2D eigenvalue weighted by molar-refractivity contribution is 0.0941. The summed E-state index contributed by atoms with van der Waals surface area (Å²) in [5.41, 5.74) is 9.15. The molecule has 0 radical (unpaired) electrons. The van der Waals surface area contributed by atoms with Crippen molar-refractivity contribution in [1.82, 2.24) is 4.57 Å². The maximum absolute atomic E-state index is 11.6. The van der Waals surface area contributed by atoms with Crippen LogP contribution >= 0.6 is 12.4 Å². The van der Waals surface area contributed by atoms with Gasteiger partial charge in [0.25, 0.3) is 0 Å². The van der Waals surface area contributed by atoms with Crippen LogP contribution in [0.25, 0.3) is 10.9 Å². The van der Waals surface area contributed by atoms with E-state index in [1.54, 1.807) is 11.5 Å². The molecule has 0 fully saturated rings. The number of hydrogen-bond acceptors (Lipinski definition) is 2. The number of fused-ring (bicyclic) bond motifs is 1. The fourth-order valence-corrected chi connectivity index (χ4v) is 2.25. The van der Waals surface area contributed by atoms with Crippen molar-refractivity contribution in [2.75, 3.05) is 0 Å². The molecule has 1 heterocycles. The predicted molar refractivity (Wildman–Crippen MR) is 81.8 cm³/mol. The number of rotatable bonds is 3. The van der Waals surface area contributed by atoms with Crippen LogP contribution in [0.1, 0.15) is 36.7 Å². The van der Waals surface area contributed by atoms with E-state index in [4.69, 9.17) is 5.73 Å². The van der Waals surface area contributed by atoms with E-state index in [2.05, 4.69) is 6.58 Å². The first-order valence-electron chi connectivity index (χ1n) is 6.01. The number of aromatic nitrogens is 1. The van der Waals surface area contributed by atoms with E-state index in [1.807, 2.05) is 37.4 Å². The quantitative estimate of drug-likeness (QED) is 0.871. The summed E-state index contributed by atoms with van der Waals surface area (Å²) in [4.78, 5) is 11.6. The Morgan fingerprint density at radius 2 is 2.00 bits per heavy atom. The normalized spacial score (nSPS) is 11.9. The van der Waals surface area contributed by atoms with Crippen molar-refractivity contribution in [2.24, 2.45) is 5.73 Å². The lowest BCUT2D eigenvalue weighted by Gasteiger charge is -2.10. The third kappa shape index (κ3) is 3.06. The molecule has 0 aliphatic rings. The standard InChI is InChI=1S/C15H18N2O.ClH/c1-10(2)8-14(16)13-9-17(11(3)18)15-7-5-4-6-12(13)15;/h4-7,9,14H,1,8,16H2,2-3H3;1H/t14-;/m0./s1. The van der Waals surface area contributed by atoms with Gasteiger partial charge in [0.1, 0.15) is 0 Å². The summed E-state index contributed by atoms with van der Waals surface area (Å²) in [7, 11) is 0. The lowest BCUT2D eigenvalue weighted by Crippen LogP contribution is -2.10. The average molecular weight is 279 g/mol. The van der Waals surface area contributed by atoms with Gasteiger partial charge in [0.05, 0.1) is 5.52 Å². The van der Waals surface area contributed by atoms with Crippen LogP contribution in [0.5, 0.6) is 0 Å². The first kappa shape index (κ1) is 15.5. The molecular formula is C15H19ClN2O. The molecule has 0 saturated carbocycles. The number of para-hydroxylation sites is 1. The zero-order valence-electron chi connectivity index (χ0n) is 11.2. The Morgan fingerprint density at radius 3 is 2.58 bits per heavy atom. The molecule has 0 aliphatic carbocycles. The number of carbonyl (C=O) groups excluding carboxylic acids is 1. The monoisotopic (exact) mass is 278 g/mol. The first-order valence-corrected chi connectivity index (χ1v) is 6.01. The van der Waals surface area contributed by atoms with Crippen LogP contribution in [0.15, 0.2) is 42.6 Å². The van der Waals surface area contributed by atoms with Crippen LogP contribution < -0.4 is 5.73 Å². The van der Waals surface area contributed by atoms with Crippen molar-refractivity contribution in [2.45, 2.75) is 26.3 Å². The van der Waals surface area contributed by atoms with Crippen LogP contribution in [0.3, 0.4) is 0 Å². The topological polar surface area (TPSA) is 48.0 Å². The number of nitrogens with two attached hydrogens (primary N) is 1. The van der Waals surface area contributed by atoms with Gasteiger partial charge in [-0.25, -0.2) is 0 Å². The molecule has 4 heteroatoms. The van der Waals surface area contributed by atoms with E-state index in [0.717, 1.165) is 28.5 Å². The second-order valence-electron chi connectivity index (χ2n) is 4.76. The van der Waals surface area contributed by atoms with Crippen LogP contribution in [0.2, 0.25) is 0 Å². The van der Waals surface area contributed by atoms with Crippen LogP contribution in [-0.4, -0.2) is 10.5 Å². The Hall–Kier alpha value is -1.58. The highest BCUT2D eigenvalue weighted by Gasteiger charge is 2.15. The SMILES string of the molecule is C=C(C)C[C@H](N)c1cn(C(C)=O)c2ccccc12.Cl. The highest BCUT2D eigenvalue weighted by atomic mass is 35.5. The zero-order chi connectivity index (χ0) is 13.3. The lowest BCUT2D eigenvalue weighted by atomic mass is 10.0. The molecule has 1 atom stereocenters. The molecule has 0 aliphatic heterocycles. The van der Waals surface area contributed by atoms with Gasteiger partial charge in [-0.2, -0.15) is 0 Å². The molecular weight excluding hydrogens is 260 g/mol. The minimum Gasteiger partial charge on any atom is -0.324 e. The van der Waals surface area contributed by atoms with Gasteiger partial charge >= 0.3 is 0 Å². The molecule has 0 bridgehead atoms. The van der Waals surface area contributed by atoms with Gasteiger partial charge in [-0.15, -0.1) is 19.0 Å². The summed E-state index contributed by atoms with van der Waals surface area (Å²) >= 11 is 0. The molecule has 2 rings (SSSR count). The van der Waals surface area contributed by atoms with Gasteiger partial charge < -0.3 is 5.73 Å². The van der Waals surface area contributed by atoms with Crippen molar-refractivity contribution in [1.29, 1.82) is 0 Å². The number of carbonyl (C=O) groups is 1. The van der Waals surface area contributed by atoms with Gasteiger partial charge in [-0.05, 0) is 25.0 Å². The fraction of sp³-hybridized carbons (Fsp3) is 0.267. The number of halogens is 1. The van der Waals surface area contributed by atoms with E-state index in [-0.39, 0.29) is 24.4 Å². The zero-order valence-corrected chi connectivity index (χ0v) is 12.0. The minimum absolute atomic E-state index is 0. The maximum Gasteiger partial charge on any atom is 0.227 e. The molecule has 0 amide bonds. The van der Waals surface area contributed by atoms with Crippen LogP contribution in [0.4, 0.5) is 0 Å². The second kappa shape index (κ2) is 6.04. The molecule has 2 N–H and O–H groups in total. The van der Waals surface area contributed by atoms with Crippen molar-refractivity contribution >= 4 is 29.2 Å². The smallest absolute Gasteiger partial charge is 0.227 e.